The number of allylic oxidation sites excluding steroid dienone is 25. The first-order valence-corrected chi connectivity index (χ1v) is 28.0. The Balaban J connectivity index is 4.52. The van der Waals surface area contributed by atoms with Crippen molar-refractivity contribution < 1.29 is 23.8 Å². The second kappa shape index (κ2) is 58.8. The first-order chi connectivity index (χ1) is 34.6. The summed E-state index contributed by atoms with van der Waals surface area (Å²) >= 11 is 0. The van der Waals surface area contributed by atoms with Crippen LogP contribution >= 0.6 is 0 Å². The second-order valence-electron chi connectivity index (χ2n) is 17.7. The van der Waals surface area contributed by atoms with Crippen LogP contribution < -0.4 is 0 Å². The third kappa shape index (κ3) is 56.1. The number of carbonyl (C=O) groups is 2. The summed E-state index contributed by atoms with van der Waals surface area (Å²) in [5.41, 5.74) is 0. The molecule has 0 amide bonds. The van der Waals surface area contributed by atoms with E-state index in [1.165, 1.54) is 70.6 Å². The number of hydrogen-bond acceptors (Lipinski definition) is 5. The molecule has 0 aliphatic rings. The van der Waals surface area contributed by atoms with Crippen LogP contribution in [-0.4, -0.2) is 37.9 Å². The summed E-state index contributed by atoms with van der Waals surface area (Å²) in [6.07, 6.45) is 87.2. The summed E-state index contributed by atoms with van der Waals surface area (Å²) in [4.78, 5) is 25.5. The zero-order valence-electron chi connectivity index (χ0n) is 45.0. The molecule has 0 N–H and O–H groups in total. The Kier molecular flexibility index (Phi) is 55.1. The standard InChI is InChI=1S/C65H102O5/c1-4-7-10-13-16-19-22-25-28-31-33-35-37-40-43-46-49-52-55-58-64(66)69-62-63(61-68-60-57-54-51-48-45-42-39-30-27-24-21-18-15-12-9-6-3)70-65(67)59-56-53-50-47-44-41-38-36-34-32-29-26-23-20-17-14-11-8-5-2/h7,9-10,12,16-21,25-30,33,35,40,42-43,45,49,51-52,54,63H,4-6,8,11,13-15,22-24,31-32,34,36-39,41,44,46-48,50,53,55-62H2,1-3H3/b10-7-,12-9-,19-16-,20-17-,21-18-,28-25-,29-26-,30-27-,35-33-,43-40-,45-42-,52-49-,54-51-. The van der Waals surface area contributed by atoms with E-state index in [2.05, 4.69) is 173 Å². The van der Waals surface area contributed by atoms with Gasteiger partial charge in [-0.05, 0) is 122 Å². The van der Waals surface area contributed by atoms with Crippen LogP contribution in [0.25, 0.3) is 0 Å². The molecule has 1 unspecified atom stereocenters. The third-order valence-electron chi connectivity index (χ3n) is 11.1. The molecular formula is C65H102O5. The molecule has 5 heteroatoms. The van der Waals surface area contributed by atoms with Crippen LogP contribution in [0.3, 0.4) is 0 Å². The van der Waals surface area contributed by atoms with E-state index in [1.54, 1.807) is 0 Å². The van der Waals surface area contributed by atoms with Gasteiger partial charge in [0.1, 0.15) is 6.61 Å². The van der Waals surface area contributed by atoms with Gasteiger partial charge in [-0.2, -0.15) is 0 Å². The van der Waals surface area contributed by atoms with Gasteiger partial charge in [0.15, 0.2) is 6.10 Å². The summed E-state index contributed by atoms with van der Waals surface area (Å²) in [7, 11) is 0. The predicted molar refractivity (Wildman–Crippen MR) is 306 cm³/mol. The number of esters is 2. The van der Waals surface area contributed by atoms with E-state index in [1.807, 2.05) is 6.08 Å². The fraction of sp³-hybridized carbons (Fsp3) is 0.569. The topological polar surface area (TPSA) is 61.8 Å². The molecule has 5 nitrogen and oxygen atoms in total. The van der Waals surface area contributed by atoms with Crippen molar-refractivity contribution in [1.82, 2.24) is 0 Å². The van der Waals surface area contributed by atoms with E-state index in [-0.39, 0.29) is 31.6 Å². The van der Waals surface area contributed by atoms with Crippen LogP contribution in [0.2, 0.25) is 0 Å². The zero-order chi connectivity index (χ0) is 50.6. The maximum Gasteiger partial charge on any atom is 0.306 e. The minimum Gasteiger partial charge on any atom is -0.462 e. The van der Waals surface area contributed by atoms with Gasteiger partial charge in [-0.1, -0.05) is 237 Å². The molecule has 70 heavy (non-hydrogen) atoms. The van der Waals surface area contributed by atoms with Crippen LogP contribution in [0.5, 0.6) is 0 Å². The number of unbranched alkanes of at least 4 members (excludes halogenated alkanes) is 12. The largest absolute Gasteiger partial charge is 0.462 e. The quantitative estimate of drug-likeness (QED) is 0.0345. The Morgan fingerprint density at radius 2 is 0.671 bits per heavy atom. The molecule has 392 valence electrons. The Morgan fingerprint density at radius 3 is 1.09 bits per heavy atom. The molecule has 0 radical (unpaired) electrons. The number of carbonyl (C=O) groups excluding carboxylic acids is 2. The highest BCUT2D eigenvalue weighted by Crippen LogP contribution is 2.13. The highest BCUT2D eigenvalue weighted by Gasteiger charge is 2.17. The first-order valence-electron chi connectivity index (χ1n) is 28.0. The molecule has 0 spiro atoms. The van der Waals surface area contributed by atoms with E-state index in [0.717, 1.165) is 103 Å². The van der Waals surface area contributed by atoms with Crippen molar-refractivity contribution in [2.24, 2.45) is 0 Å². The smallest absolute Gasteiger partial charge is 0.306 e. The lowest BCUT2D eigenvalue weighted by Crippen LogP contribution is -2.30. The normalized spacial score (nSPS) is 13.5. The molecule has 0 aromatic carbocycles. The second-order valence-corrected chi connectivity index (χ2v) is 17.7. The molecule has 0 saturated heterocycles. The highest BCUT2D eigenvalue weighted by atomic mass is 16.6. The fourth-order valence-electron chi connectivity index (χ4n) is 6.98. The minimum atomic E-state index is -0.622. The maximum atomic E-state index is 12.9. The molecule has 0 heterocycles. The SMILES string of the molecule is CC/C=C\C/C=C\C/C=C\C/C=C\C/C=C\C/C=C\CCC(=O)OCC(COCC/C=C\C/C=C\C/C=C\C/C=C\C/C=C\CC)OC(=O)CCCCCCCCCCC/C=C\C/C=C\CCCCC. The van der Waals surface area contributed by atoms with E-state index in [0.29, 0.717) is 19.4 Å². The molecule has 0 aromatic heterocycles. The summed E-state index contributed by atoms with van der Waals surface area (Å²) in [6, 6.07) is 0. The summed E-state index contributed by atoms with van der Waals surface area (Å²) in [5, 5.41) is 0. The monoisotopic (exact) mass is 963 g/mol. The average molecular weight is 964 g/mol. The Hall–Kier alpha value is -4.48. The van der Waals surface area contributed by atoms with E-state index < -0.39 is 6.10 Å². The molecule has 0 saturated carbocycles. The van der Waals surface area contributed by atoms with Gasteiger partial charge in [0, 0.05) is 12.8 Å². The van der Waals surface area contributed by atoms with Gasteiger partial charge < -0.3 is 14.2 Å². The van der Waals surface area contributed by atoms with E-state index in [4.69, 9.17) is 14.2 Å². The van der Waals surface area contributed by atoms with Gasteiger partial charge in [-0.15, -0.1) is 0 Å². The van der Waals surface area contributed by atoms with Crippen molar-refractivity contribution >= 4 is 11.9 Å². The van der Waals surface area contributed by atoms with Crippen molar-refractivity contribution in [3.63, 3.8) is 0 Å². The van der Waals surface area contributed by atoms with Crippen molar-refractivity contribution in [2.75, 3.05) is 19.8 Å². The van der Waals surface area contributed by atoms with Crippen LogP contribution in [-0.2, 0) is 23.8 Å². The van der Waals surface area contributed by atoms with Gasteiger partial charge in [-0.25, -0.2) is 0 Å². The zero-order valence-corrected chi connectivity index (χ0v) is 45.0. The van der Waals surface area contributed by atoms with Crippen LogP contribution in [0.1, 0.15) is 213 Å². The lowest BCUT2D eigenvalue weighted by Gasteiger charge is -2.18. The summed E-state index contributed by atoms with van der Waals surface area (Å²) < 4.78 is 17.3. The molecule has 0 rings (SSSR count). The number of hydrogen-bond donors (Lipinski definition) is 0. The molecule has 0 fully saturated rings. The third-order valence-corrected chi connectivity index (χ3v) is 11.1. The van der Waals surface area contributed by atoms with Gasteiger partial charge in [0.2, 0.25) is 0 Å². The number of rotatable bonds is 49. The summed E-state index contributed by atoms with van der Waals surface area (Å²) in [6.45, 7) is 7.26. The Bertz CT molecular complexity index is 1560. The van der Waals surface area contributed by atoms with Crippen molar-refractivity contribution in [3.8, 4) is 0 Å². The van der Waals surface area contributed by atoms with Gasteiger partial charge in [-0.3, -0.25) is 9.59 Å². The summed E-state index contributed by atoms with van der Waals surface area (Å²) in [5.74, 6) is -0.551. The Morgan fingerprint density at radius 1 is 0.329 bits per heavy atom. The molecular weight excluding hydrogens is 861 g/mol. The first kappa shape index (κ1) is 65.5. The molecule has 0 aliphatic heterocycles. The highest BCUT2D eigenvalue weighted by molar-refractivity contribution is 5.70. The average Bonchev–Trinajstić information content (AvgIpc) is 3.36. The molecule has 0 aromatic rings. The predicted octanol–water partition coefficient (Wildman–Crippen LogP) is 19.5. The number of ether oxygens (including phenoxy) is 3. The lowest BCUT2D eigenvalue weighted by atomic mass is 10.1. The van der Waals surface area contributed by atoms with Crippen molar-refractivity contribution in [2.45, 2.75) is 219 Å². The lowest BCUT2D eigenvalue weighted by molar-refractivity contribution is -0.162. The maximum absolute atomic E-state index is 12.9. The molecule has 0 aliphatic carbocycles. The van der Waals surface area contributed by atoms with Crippen molar-refractivity contribution in [3.05, 3.63) is 158 Å². The minimum absolute atomic E-state index is 0.00280. The van der Waals surface area contributed by atoms with E-state index in [9.17, 15) is 9.59 Å². The molecule has 0 bridgehead atoms. The fourth-order valence-corrected chi connectivity index (χ4v) is 6.98. The van der Waals surface area contributed by atoms with Gasteiger partial charge >= 0.3 is 11.9 Å². The van der Waals surface area contributed by atoms with Gasteiger partial charge in [0.05, 0.1) is 13.2 Å². The van der Waals surface area contributed by atoms with Gasteiger partial charge in [0.25, 0.3) is 0 Å². The molecule has 1 atom stereocenters. The van der Waals surface area contributed by atoms with E-state index >= 15 is 0 Å². The van der Waals surface area contributed by atoms with Crippen LogP contribution in [0.15, 0.2) is 158 Å². The van der Waals surface area contributed by atoms with Crippen LogP contribution in [0.4, 0.5) is 0 Å². The Labute approximate surface area is 431 Å². The van der Waals surface area contributed by atoms with Crippen molar-refractivity contribution in [1.29, 1.82) is 0 Å². The van der Waals surface area contributed by atoms with Crippen LogP contribution in [0, 0.1) is 0 Å².